The number of hydrogen-bond donors (Lipinski definition) is 1. The number of aryl methyl sites for hydroxylation is 3. The third-order valence-electron chi connectivity index (χ3n) is 4.41. The normalized spacial score (nSPS) is 11.1. The minimum atomic E-state index is -0.158. The van der Waals surface area contributed by atoms with Crippen LogP contribution in [-0.4, -0.2) is 25.5 Å². The predicted molar refractivity (Wildman–Crippen MR) is 106 cm³/mol. The van der Waals surface area contributed by atoms with E-state index in [-0.39, 0.29) is 5.91 Å². The van der Waals surface area contributed by atoms with Gasteiger partial charge in [-0.25, -0.2) is 14.5 Å². The van der Waals surface area contributed by atoms with Gasteiger partial charge in [0.2, 0.25) is 0 Å². The van der Waals surface area contributed by atoms with Gasteiger partial charge in [-0.15, -0.1) is 11.3 Å². The molecule has 0 bridgehead atoms. The highest BCUT2D eigenvalue weighted by atomic mass is 32.1. The molecule has 0 fully saturated rings. The third-order valence-corrected chi connectivity index (χ3v) is 5.19. The van der Waals surface area contributed by atoms with Crippen molar-refractivity contribution in [3.8, 4) is 11.3 Å². The van der Waals surface area contributed by atoms with Gasteiger partial charge < -0.3 is 5.32 Å². The minimum Gasteiger partial charge on any atom is -0.348 e. The average Bonchev–Trinajstić information content (AvgIpc) is 3.26. The summed E-state index contributed by atoms with van der Waals surface area (Å²) in [5.74, 6) is -0.158. The molecule has 0 aliphatic carbocycles. The molecule has 0 saturated carbocycles. The van der Waals surface area contributed by atoms with Crippen LogP contribution in [0.3, 0.4) is 0 Å². The van der Waals surface area contributed by atoms with Crippen LogP contribution in [0.1, 0.15) is 32.3 Å². The summed E-state index contributed by atoms with van der Waals surface area (Å²) >= 11 is 1.64. The lowest BCUT2D eigenvalue weighted by Crippen LogP contribution is -2.24. The maximum atomic E-state index is 12.6. The summed E-state index contributed by atoms with van der Waals surface area (Å²) in [6.07, 6.45) is 1.61. The van der Waals surface area contributed by atoms with E-state index in [0.29, 0.717) is 12.1 Å². The van der Waals surface area contributed by atoms with Crippen LogP contribution in [0.4, 0.5) is 0 Å². The maximum Gasteiger partial charge on any atom is 0.254 e. The molecule has 6 nitrogen and oxygen atoms in total. The van der Waals surface area contributed by atoms with Crippen molar-refractivity contribution in [2.45, 2.75) is 27.3 Å². The second-order valence-electron chi connectivity index (χ2n) is 6.44. The van der Waals surface area contributed by atoms with Crippen molar-refractivity contribution in [1.29, 1.82) is 0 Å². The number of nitrogens with one attached hydrogen (secondary N) is 1. The van der Waals surface area contributed by atoms with Crippen LogP contribution in [0.25, 0.3) is 16.9 Å². The molecule has 136 valence electrons. The summed E-state index contributed by atoms with van der Waals surface area (Å²) in [5.41, 5.74) is 6.01. The Bertz CT molecular complexity index is 1130. The molecule has 0 atom stereocenters. The second-order valence-corrected chi connectivity index (χ2v) is 7.51. The van der Waals surface area contributed by atoms with Gasteiger partial charge in [-0.05, 0) is 26.3 Å². The summed E-state index contributed by atoms with van der Waals surface area (Å²) in [5, 5.41) is 10.4. The number of thiazole rings is 1. The lowest BCUT2D eigenvalue weighted by Gasteiger charge is -2.09. The third kappa shape index (κ3) is 3.46. The van der Waals surface area contributed by atoms with E-state index < -0.39 is 0 Å². The molecule has 3 heterocycles. The quantitative estimate of drug-likeness (QED) is 0.588. The lowest BCUT2D eigenvalue weighted by molar-refractivity contribution is 0.0949. The minimum absolute atomic E-state index is 0.158. The Morgan fingerprint density at radius 3 is 2.67 bits per heavy atom. The van der Waals surface area contributed by atoms with E-state index >= 15 is 0 Å². The van der Waals surface area contributed by atoms with E-state index in [1.54, 1.807) is 22.0 Å². The van der Waals surface area contributed by atoms with Crippen molar-refractivity contribution in [1.82, 2.24) is 24.9 Å². The number of benzene rings is 1. The van der Waals surface area contributed by atoms with Gasteiger partial charge in [0, 0.05) is 29.8 Å². The first-order chi connectivity index (χ1) is 13.0. The molecule has 0 aliphatic rings. The Hall–Kier alpha value is -3.06. The van der Waals surface area contributed by atoms with Crippen LogP contribution in [0.5, 0.6) is 0 Å². The van der Waals surface area contributed by atoms with Gasteiger partial charge in [0.1, 0.15) is 0 Å². The Labute approximate surface area is 160 Å². The fraction of sp³-hybridized carbons (Fsp3) is 0.200. The van der Waals surface area contributed by atoms with E-state index in [4.69, 9.17) is 0 Å². The molecule has 4 rings (SSSR count). The Kier molecular flexibility index (Phi) is 4.45. The van der Waals surface area contributed by atoms with Crippen LogP contribution >= 0.6 is 11.3 Å². The summed E-state index contributed by atoms with van der Waals surface area (Å²) in [6, 6.07) is 9.97. The van der Waals surface area contributed by atoms with Crippen LogP contribution in [0.15, 0.2) is 41.9 Å². The Balaban J connectivity index is 1.47. The lowest BCUT2D eigenvalue weighted by atomic mass is 10.1. The highest BCUT2D eigenvalue weighted by Crippen LogP contribution is 2.21. The molecule has 0 unspecified atom stereocenters. The van der Waals surface area contributed by atoms with Crippen molar-refractivity contribution in [2.24, 2.45) is 0 Å². The molecule has 27 heavy (non-hydrogen) atoms. The number of nitrogens with zero attached hydrogens (tertiary/aromatic N) is 4. The number of hydrogen-bond acceptors (Lipinski definition) is 5. The van der Waals surface area contributed by atoms with Crippen molar-refractivity contribution in [2.75, 3.05) is 0 Å². The first-order valence-corrected chi connectivity index (χ1v) is 9.51. The molecular formula is C20H19N5OS. The van der Waals surface area contributed by atoms with E-state index in [1.165, 1.54) is 0 Å². The van der Waals surface area contributed by atoms with Crippen LogP contribution in [-0.2, 0) is 6.54 Å². The standard InChI is InChI=1S/C20H19N5OS/c1-12-8-19-21-10-17(13(2)25(19)24-12)20(26)22-9-15-4-6-16(7-5-15)18-11-27-14(3)23-18/h4-8,10-11H,9H2,1-3H3,(H,22,26). The first kappa shape index (κ1) is 17.4. The molecule has 1 N–H and O–H groups in total. The Morgan fingerprint density at radius 2 is 1.96 bits per heavy atom. The zero-order valence-electron chi connectivity index (χ0n) is 15.4. The van der Waals surface area contributed by atoms with Gasteiger partial charge in [-0.3, -0.25) is 4.79 Å². The number of carbonyl (C=O) groups excluding carboxylic acids is 1. The summed E-state index contributed by atoms with van der Waals surface area (Å²) in [4.78, 5) is 21.4. The van der Waals surface area contributed by atoms with Crippen LogP contribution in [0.2, 0.25) is 0 Å². The average molecular weight is 377 g/mol. The van der Waals surface area contributed by atoms with Gasteiger partial charge in [0.15, 0.2) is 5.65 Å². The number of fused-ring (bicyclic) bond motifs is 1. The molecule has 0 radical (unpaired) electrons. The highest BCUT2D eigenvalue weighted by Gasteiger charge is 2.13. The first-order valence-electron chi connectivity index (χ1n) is 8.63. The van der Waals surface area contributed by atoms with E-state index in [9.17, 15) is 4.79 Å². The molecule has 0 aliphatic heterocycles. The van der Waals surface area contributed by atoms with E-state index in [1.807, 2.05) is 51.1 Å². The summed E-state index contributed by atoms with van der Waals surface area (Å²) in [7, 11) is 0. The molecule has 1 aromatic carbocycles. The summed E-state index contributed by atoms with van der Waals surface area (Å²) < 4.78 is 1.70. The largest absolute Gasteiger partial charge is 0.348 e. The van der Waals surface area contributed by atoms with Crippen molar-refractivity contribution < 1.29 is 4.79 Å². The molecule has 4 aromatic rings. The van der Waals surface area contributed by atoms with Gasteiger partial charge in [-0.1, -0.05) is 24.3 Å². The molecule has 1 amide bonds. The monoisotopic (exact) mass is 377 g/mol. The number of aromatic nitrogens is 4. The fourth-order valence-electron chi connectivity index (χ4n) is 2.95. The predicted octanol–water partition coefficient (Wildman–Crippen LogP) is 3.71. The summed E-state index contributed by atoms with van der Waals surface area (Å²) in [6.45, 7) is 6.23. The van der Waals surface area contributed by atoms with Crippen molar-refractivity contribution >= 4 is 22.9 Å². The maximum absolute atomic E-state index is 12.6. The SMILES string of the molecule is Cc1cc2ncc(C(=O)NCc3ccc(-c4csc(C)n4)cc3)c(C)n2n1. The topological polar surface area (TPSA) is 72.2 Å². The second kappa shape index (κ2) is 6.92. The number of amides is 1. The molecule has 0 spiro atoms. The zero-order valence-corrected chi connectivity index (χ0v) is 16.2. The van der Waals surface area contributed by atoms with Crippen molar-refractivity contribution in [3.05, 3.63) is 69.4 Å². The van der Waals surface area contributed by atoms with Crippen molar-refractivity contribution in [3.63, 3.8) is 0 Å². The molecule has 0 saturated heterocycles. The number of carbonyl (C=O) groups is 1. The highest BCUT2D eigenvalue weighted by molar-refractivity contribution is 7.09. The number of rotatable bonds is 4. The van der Waals surface area contributed by atoms with Crippen LogP contribution in [0, 0.1) is 20.8 Å². The zero-order chi connectivity index (χ0) is 19.0. The van der Waals surface area contributed by atoms with Gasteiger partial charge in [-0.2, -0.15) is 5.10 Å². The van der Waals surface area contributed by atoms with E-state index in [2.05, 4.69) is 25.8 Å². The fourth-order valence-corrected chi connectivity index (χ4v) is 3.57. The van der Waals surface area contributed by atoms with E-state index in [0.717, 1.165) is 38.9 Å². The van der Waals surface area contributed by atoms with Gasteiger partial charge in [0.05, 0.1) is 27.7 Å². The molecule has 7 heteroatoms. The van der Waals surface area contributed by atoms with Crippen LogP contribution < -0.4 is 5.32 Å². The Morgan fingerprint density at radius 1 is 1.19 bits per heavy atom. The van der Waals surface area contributed by atoms with Gasteiger partial charge in [0.25, 0.3) is 5.91 Å². The molecule has 3 aromatic heterocycles. The van der Waals surface area contributed by atoms with Gasteiger partial charge >= 0.3 is 0 Å². The smallest absolute Gasteiger partial charge is 0.254 e. The molecular weight excluding hydrogens is 358 g/mol.